The van der Waals surface area contributed by atoms with Gasteiger partial charge in [-0.3, -0.25) is 4.79 Å². The molecule has 0 amide bonds. The predicted molar refractivity (Wildman–Crippen MR) is 37.4 cm³/mol. The van der Waals surface area contributed by atoms with E-state index in [2.05, 4.69) is 0 Å². The van der Waals surface area contributed by atoms with Crippen LogP contribution in [0.2, 0.25) is 0 Å². The second-order valence-corrected chi connectivity index (χ2v) is 3.58. The third-order valence-electron chi connectivity index (χ3n) is 1.29. The molecule has 0 spiro atoms. The second kappa shape index (κ2) is 2.06. The third kappa shape index (κ3) is 0.965. The van der Waals surface area contributed by atoms with Crippen molar-refractivity contribution < 1.29 is 9.90 Å². The number of Topliss-reactive ketones (excluding diaryl/α,β-unsaturated/α-hetero) is 1. The van der Waals surface area contributed by atoms with E-state index in [-0.39, 0.29) is 16.8 Å². The van der Waals surface area contributed by atoms with Crippen molar-refractivity contribution in [3.63, 3.8) is 0 Å². The molecule has 1 atom stereocenters. The molecule has 50 valence electrons. The number of carbonyl (C=O) groups excluding carboxylic acids is 1. The Kier molecular flexibility index (Phi) is 1.53. The van der Waals surface area contributed by atoms with Crippen molar-refractivity contribution in [1.29, 1.82) is 0 Å². The van der Waals surface area contributed by atoms with Crippen molar-refractivity contribution in [1.82, 2.24) is 0 Å². The summed E-state index contributed by atoms with van der Waals surface area (Å²) in [6.45, 7) is 3.54. The first-order valence-corrected chi connectivity index (χ1v) is 3.61. The summed E-state index contributed by atoms with van der Waals surface area (Å²) in [4.78, 5) is 11.5. The lowest BCUT2D eigenvalue weighted by Crippen LogP contribution is -2.08. The Morgan fingerprint density at radius 1 is 1.67 bits per heavy atom. The Bertz CT molecular complexity index is 183. The number of allylic oxidation sites excluding steroid dienone is 2. The molecule has 0 aromatic rings. The molecule has 9 heavy (non-hydrogen) atoms. The predicted octanol–water partition coefficient (Wildman–Crippen LogP) is 1.48. The van der Waals surface area contributed by atoms with Crippen molar-refractivity contribution in [3.05, 3.63) is 10.7 Å². The van der Waals surface area contributed by atoms with Crippen molar-refractivity contribution in [3.8, 4) is 0 Å². The first kappa shape index (κ1) is 6.68. The van der Waals surface area contributed by atoms with Crippen molar-refractivity contribution in [2.75, 3.05) is 0 Å². The molecule has 0 fully saturated rings. The van der Waals surface area contributed by atoms with Crippen LogP contribution in [0.15, 0.2) is 10.7 Å². The Morgan fingerprint density at radius 3 is 2.33 bits per heavy atom. The molecule has 0 saturated carbocycles. The Balaban J connectivity index is 2.87. The van der Waals surface area contributed by atoms with E-state index in [0.717, 1.165) is 4.91 Å². The molecule has 0 aromatic heterocycles. The fraction of sp³-hybridized carbons (Fsp3) is 0.500. The van der Waals surface area contributed by atoms with E-state index in [9.17, 15) is 4.79 Å². The molecular weight excluding hydrogens is 136 g/mol. The lowest BCUT2D eigenvalue weighted by molar-refractivity contribution is -0.116. The van der Waals surface area contributed by atoms with E-state index in [1.54, 1.807) is 13.8 Å². The van der Waals surface area contributed by atoms with Gasteiger partial charge in [0.2, 0.25) is 5.78 Å². The number of carbonyl (C=O) groups is 1. The SMILES string of the molecule is CC1=C(O)C(=O)[C@@H](C)S1. The van der Waals surface area contributed by atoms with Crippen LogP contribution in [0.3, 0.4) is 0 Å². The van der Waals surface area contributed by atoms with Gasteiger partial charge in [-0.15, -0.1) is 11.8 Å². The average Bonchev–Trinajstić information content (AvgIpc) is 1.98. The smallest absolute Gasteiger partial charge is 0.210 e. The van der Waals surface area contributed by atoms with Gasteiger partial charge < -0.3 is 5.11 Å². The molecule has 0 aliphatic carbocycles. The minimum absolute atomic E-state index is 0.0486. The number of hydrogen-bond acceptors (Lipinski definition) is 3. The highest BCUT2D eigenvalue weighted by Gasteiger charge is 2.27. The molecule has 1 rings (SSSR count). The van der Waals surface area contributed by atoms with Gasteiger partial charge in [-0.05, 0) is 13.8 Å². The van der Waals surface area contributed by atoms with Crippen LogP contribution >= 0.6 is 11.8 Å². The second-order valence-electron chi connectivity index (χ2n) is 2.03. The van der Waals surface area contributed by atoms with Gasteiger partial charge in [-0.1, -0.05) is 0 Å². The first-order valence-electron chi connectivity index (χ1n) is 2.73. The number of aliphatic hydroxyl groups is 1. The van der Waals surface area contributed by atoms with Crippen molar-refractivity contribution in [2.24, 2.45) is 0 Å². The van der Waals surface area contributed by atoms with Gasteiger partial charge in [0.15, 0.2) is 5.76 Å². The number of thioether (sulfide) groups is 1. The summed E-state index contributed by atoms with van der Waals surface area (Å²) in [5.74, 6) is -0.190. The fourth-order valence-electron chi connectivity index (χ4n) is 0.741. The summed E-state index contributed by atoms with van der Waals surface area (Å²) in [6, 6.07) is 0. The monoisotopic (exact) mass is 144 g/mol. The van der Waals surface area contributed by atoms with Gasteiger partial charge in [0.1, 0.15) is 0 Å². The van der Waals surface area contributed by atoms with Crippen LogP contribution < -0.4 is 0 Å². The normalized spacial score (nSPS) is 27.8. The van der Waals surface area contributed by atoms with E-state index in [1.807, 2.05) is 0 Å². The van der Waals surface area contributed by atoms with Crippen LogP contribution in [-0.4, -0.2) is 16.1 Å². The van der Waals surface area contributed by atoms with E-state index < -0.39 is 0 Å². The molecule has 1 heterocycles. The molecule has 1 aliphatic heterocycles. The highest BCUT2D eigenvalue weighted by atomic mass is 32.2. The van der Waals surface area contributed by atoms with E-state index in [1.165, 1.54) is 11.8 Å². The van der Waals surface area contributed by atoms with Crippen LogP contribution in [0.4, 0.5) is 0 Å². The maximum atomic E-state index is 10.8. The summed E-state index contributed by atoms with van der Waals surface area (Å²) in [5.41, 5.74) is 0. The molecule has 0 saturated heterocycles. The number of ketones is 1. The van der Waals surface area contributed by atoms with Gasteiger partial charge in [-0.2, -0.15) is 0 Å². The van der Waals surface area contributed by atoms with Crippen molar-refractivity contribution in [2.45, 2.75) is 19.1 Å². The van der Waals surface area contributed by atoms with Gasteiger partial charge in [0.05, 0.1) is 5.25 Å². The van der Waals surface area contributed by atoms with E-state index >= 15 is 0 Å². The highest BCUT2D eigenvalue weighted by molar-refractivity contribution is 8.04. The summed E-state index contributed by atoms with van der Waals surface area (Å²) in [5, 5.41) is 8.87. The molecule has 0 aromatic carbocycles. The number of rotatable bonds is 0. The van der Waals surface area contributed by atoms with Crippen LogP contribution in [0, 0.1) is 0 Å². The maximum Gasteiger partial charge on any atom is 0.210 e. The maximum absolute atomic E-state index is 10.8. The minimum atomic E-state index is -0.141. The van der Waals surface area contributed by atoms with Gasteiger partial charge in [-0.25, -0.2) is 0 Å². The Hall–Kier alpha value is -0.440. The summed E-state index contributed by atoms with van der Waals surface area (Å²) >= 11 is 1.42. The summed E-state index contributed by atoms with van der Waals surface area (Å²) in [6.07, 6.45) is 0. The van der Waals surface area contributed by atoms with Gasteiger partial charge in [0, 0.05) is 4.91 Å². The molecular formula is C6H8O2S. The first-order chi connectivity index (χ1) is 4.13. The van der Waals surface area contributed by atoms with E-state index in [4.69, 9.17) is 5.11 Å². The summed E-state index contributed by atoms with van der Waals surface area (Å²) < 4.78 is 0. The lowest BCUT2D eigenvalue weighted by atomic mass is 10.2. The third-order valence-corrected chi connectivity index (χ3v) is 2.40. The lowest BCUT2D eigenvalue weighted by Gasteiger charge is -1.93. The standard InChI is InChI=1S/C6H8O2S/c1-3-5(7)6(8)4(2)9-3/h3,8H,1-2H3/t3-/m1/s1. The van der Waals surface area contributed by atoms with Crippen LogP contribution in [0.5, 0.6) is 0 Å². The molecule has 0 unspecified atom stereocenters. The van der Waals surface area contributed by atoms with Crippen LogP contribution in [0.25, 0.3) is 0 Å². The van der Waals surface area contributed by atoms with Gasteiger partial charge >= 0.3 is 0 Å². The zero-order valence-electron chi connectivity index (χ0n) is 5.34. The average molecular weight is 144 g/mol. The van der Waals surface area contributed by atoms with Crippen LogP contribution in [0.1, 0.15) is 13.8 Å². The molecule has 2 nitrogen and oxygen atoms in total. The van der Waals surface area contributed by atoms with Crippen molar-refractivity contribution >= 4 is 17.5 Å². The number of aliphatic hydroxyl groups excluding tert-OH is 1. The van der Waals surface area contributed by atoms with Crippen LogP contribution in [-0.2, 0) is 4.79 Å². The quantitative estimate of drug-likeness (QED) is 0.559. The molecule has 3 heteroatoms. The molecule has 1 N–H and O–H groups in total. The minimum Gasteiger partial charge on any atom is -0.504 e. The Labute approximate surface area is 57.9 Å². The topological polar surface area (TPSA) is 37.3 Å². The zero-order chi connectivity index (χ0) is 7.02. The Morgan fingerprint density at radius 2 is 2.22 bits per heavy atom. The molecule has 0 bridgehead atoms. The largest absolute Gasteiger partial charge is 0.504 e. The highest BCUT2D eigenvalue weighted by Crippen LogP contribution is 2.32. The van der Waals surface area contributed by atoms with Gasteiger partial charge in [0.25, 0.3) is 0 Å². The number of hydrogen-bond donors (Lipinski definition) is 1. The zero-order valence-corrected chi connectivity index (χ0v) is 6.16. The van der Waals surface area contributed by atoms with E-state index in [0.29, 0.717) is 0 Å². The fourth-order valence-corrected chi connectivity index (χ4v) is 1.70. The molecule has 0 radical (unpaired) electrons. The summed E-state index contributed by atoms with van der Waals surface area (Å²) in [7, 11) is 0. The molecule has 1 aliphatic rings.